The minimum absolute atomic E-state index is 0.240. The SMILES string of the molecule is O=C(NCCc1c[nH]c2ccccc12)C(=O)c1c[nH]c2cc(F)ccc12. The summed E-state index contributed by atoms with van der Waals surface area (Å²) in [5.41, 5.74) is 2.84. The monoisotopic (exact) mass is 349 g/mol. The molecule has 0 atom stereocenters. The van der Waals surface area contributed by atoms with Crippen LogP contribution in [0, 0.1) is 5.82 Å². The lowest BCUT2D eigenvalue weighted by atomic mass is 10.1. The molecule has 5 nitrogen and oxygen atoms in total. The molecule has 0 fully saturated rings. The van der Waals surface area contributed by atoms with Gasteiger partial charge in [0.15, 0.2) is 0 Å². The van der Waals surface area contributed by atoms with Gasteiger partial charge in [-0.05, 0) is 36.2 Å². The first-order valence-corrected chi connectivity index (χ1v) is 8.27. The van der Waals surface area contributed by atoms with Crippen molar-refractivity contribution in [3.63, 3.8) is 0 Å². The molecule has 26 heavy (non-hydrogen) atoms. The van der Waals surface area contributed by atoms with Crippen molar-refractivity contribution in [2.24, 2.45) is 0 Å². The van der Waals surface area contributed by atoms with E-state index in [1.54, 1.807) is 0 Å². The zero-order valence-electron chi connectivity index (χ0n) is 13.8. The van der Waals surface area contributed by atoms with E-state index >= 15 is 0 Å². The minimum atomic E-state index is -0.671. The summed E-state index contributed by atoms with van der Waals surface area (Å²) in [7, 11) is 0. The maximum Gasteiger partial charge on any atom is 0.292 e. The van der Waals surface area contributed by atoms with Crippen molar-refractivity contribution in [1.29, 1.82) is 0 Å². The van der Waals surface area contributed by atoms with E-state index in [1.807, 2.05) is 30.5 Å². The largest absolute Gasteiger partial charge is 0.361 e. The van der Waals surface area contributed by atoms with Gasteiger partial charge in [-0.1, -0.05) is 18.2 Å². The molecule has 6 heteroatoms. The van der Waals surface area contributed by atoms with E-state index < -0.39 is 17.5 Å². The van der Waals surface area contributed by atoms with Crippen LogP contribution >= 0.6 is 0 Å². The molecule has 2 aromatic carbocycles. The molecule has 0 spiro atoms. The van der Waals surface area contributed by atoms with Crippen molar-refractivity contribution in [3.05, 3.63) is 71.8 Å². The summed E-state index contributed by atoms with van der Waals surface area (Å²) < 4.78 is 13.2. The topological polar surface area (TPSA) is 77.8 Å². The molecular formula is C20H16FN3O2. The van der Waals surface area contributed by atoms with E-state index in [-0.39, 0.29) is 5.56 Å². The number of rotatable bonds is 5. The highest BCUT2D eigenvalue weighted by molar-refractivity contribution is 6.44. The number of amides is 1. The number of H-pyrrole nitrogens is 2. The number of benzene rings is 2. The Bertz CT molecular complexity index is 1130. The number of Topliss-reactive ketones (excluding diaryl/α,β-unsaturated/α-hetero) is 1. The summed E-state index contributed by atoms with van der Waals surface area (Å²) in [6, 6.07) is 12.0. The zero-order chi connectivity index (χ0) is 18.1. The van der Waals surface area contributed by atoms with Crippen LogP contribution in [0.25, 0.3) is 21.8 Å². The van der Waals surface area contributed by atoms with Crippen LogP contribution in [0.2, 0.25) is 0 Å². The number of hydrogen-bond donors (Lipinski definition) is 3. The van der Waals surface area contributed by atoms with Gasteiger partial charge in [-0.15, -0.1) is 0 Å². The molecule has 3 N–H and O–H groups in total. The number of para-hydroxylation sites is 1. The van der Waals surface area contributed by atoms with Crippen LogP contribution in [0.3, 0.4) is 0 Å². The van der Waals surface area contributed by atoms with Crippen molar-refractivity contribution in [2.45, 2.75) is 6.42 Å². The fourth-order valence-electron chi connectivity index (χ4n) is 3.14. The smallest absolute Gasteiger partial charge is 0.292 e. The molecule has 1 amide bonds. The first-order chi connectivity index (χ1) is 12.6. The highest BCUT2D eigenvalue weighted by Crippen LogP contribution is 2.20. The first-order valence-electron chi connectivity index (χ1n) is 8.27. The van der Waals surface area contributed by atoms with Crippen molar-refractivity contribution in [2.75, 3.05) is 6.54 Å². The summed E-state index contributed by atoms with van der Waals surface area (Å²) in [5, 5.41) is 4.29. The summed E-state index contributed by atoms with van der Waals surface area (Å²) >= 11 is 0. The van der Waals surface area contributed by atoms with Crippen molar-refractivity contribution in [1.82, 2.24) is 15.3 Å². The molecule has 0 aliphatic carbocycles. The van der Waals surface area contributed by atoms with Crippen LogP contribution in [0.5, 0.6) is 0 Å². The van der Waals surface area contributed by atoms with Gasteiger partial charge >= 0.3 is 0 Å². The molecule has 0 unspecified atom stereocenters. The van der Waals surface area contributed by atoms with Gasteiger partial charge in [-0.25, -0.2) is 4.39 Å². The molecule has 4 aromatic rings. The van der Waals surface area contributed by atoms with E-state index in [0.717, 1.165) is 16.5 Å². The molecule has 130 valence electrons. The molecule has 4 rings (SSSR count). The van der Waals surface area contributed by atoms with Crippen LogP contribution in [0.15, 0.2) is 54.9 Å². The highest BCUT2D eigenvalue weighted by atomic mass is 19.1. The molecule has 0 radical (unpaired) electrons. The molecule has 0 bridgehead atoms. The second-order valence-electron chi connectivity index (χ2n) is 6.09. The second-order valence-corrected chi connectivity index (χ2v) is 6.09. The standard InChI is InChI=1S/C20H16FN3O2/c21-13-5-6-15-16(11-24-18(15)9-13)19(25)20(26)22-8-7-12-10-23-17-4-2-1-3-14(12)17/h1-6,9-11,23-24H,7-8H2,(H,22,26). The van der Waals surface area contributed by atoms with Gasteiger partial charge in [0, 0.05) is 40.7 Å². The Morgan fingerprint density at radius 1 is 0.962 bits per heavy atom. The number of carbonyl (C=O) groups is 2. The van der Waals surface area contributed by atoms with Gasteiger partial charge in [0.05, 0.1) is 5.56 Å². The molecule has 0 saturated heterocycles. The number of halogens is 1. The Morgan fingerprint density at radius 3 is 2.65 bits per heavy atom. The highest BCUT2D eigenvalue weighted by Gasteiger charge is 2.19. The first kappa shape index (κ1) is 16.1. The third kappa shape index (κ3) is 2.86. The fraction of sp³-hybridized carbons (Fsp3) is 0.100. The normalized spacial score (nSPS) is 11.1. The Hall–Kier alpha value is -3.41. The Morgan fingerprint density at radius 2 is 1.77 bits per heavy atom. The van der Waals surface area contributed by atoms with E-state index in [2.05, 4.69) is 15.3 Å². The van der Waals surface area contributed by atoms with Crippen LogP contribution in [-0.2, 0) is 11.2 Å². The van der Waals surface area contributed by atoms with Gasteiger partial charge in [0.25, 0.3) is 11.7 Å². The zero-order valence-corrected chi connectivity index (χ0v) is 13.8. The lowest BCUT2D eigenvalue weighted by molar-refractivity contribution is -0.116. The summed E-state index contributed by atoms with van der Waals surface area (Å²) in [4.78, 5) is 30.6. The van der Waals surface area contributed by atoms with E-state index in [9.17, 15) is 14.0 Å². The van der Waals surface area contributed by atoms with Crippen molar-refractivity contribution < 1.29 is 14.0 Å². The summed E-state index contributed by atoms with van der Waals surface area (Å²) in [6.45, 7) is 0.351. The number of hydrogen-bond acceptors (Lipinski definition) is 2. The third-order valence-electron chi connectivity index (χ3n) is 4.45. The van der Waals surface area contributed by atoms with Crippen molar-refractivity contribution >= 4 is 33.5 Å². The lowest BCUT2D eigenvalue weighted by Gasteiger charge is -2.04. The van der Waals surface area contributed by atoms with Gasteiger partial charge in [0.1, 0.15) is 5.82 Å². The Balaban J connectivity index is 1.43. The summed E-state index contributed by atoms with van der Waals surface area (Å²) in [5.74, 6) is -1.71. The van der Waals surface area contributed by atoms with Gasteiger partial charge in [0.2, 0.25) is 0 Å². The average Bonchev–Trinajstić information content (AvgIpc) is 3.25. The molecule has 2 aromatic heterocycles. The molecule has 0 aliphatic heterocycles. The van der Waals surface area contributed by atoms with Crippen LogP contribution in [0.1, 0.15) is 15.9 Å². The van der Waals surface area contributed by atoms with Gasteiger partial charge in [-0.3, -0.25) is 9.59 Å². The molecule has 0 saturated carbocycles. The van der Waals surface area contributed by atoms with Crippen LogP contribution in [0.4, 0.5) is 4.39 Å². The Labute approximate surface area is 148 Å². The van der Waals surface area contributed by atoms with Crippen LogP contribution in [-0.4, -0.2) is 28.2 Å². The minimum Gasteiger partial charge on any atom is -0.361 e. The van der Waals surface area contributed by atoms with Gasteiger partial charge in [-0.2, -0.15) is 0 Å². The number of ketones is 1. The average molecular weight is 349 g/mol. The predicted octanol–water partition coefficient (Wildman–Crippen LogP) is 3.33. The summed E-state index contributed by atoms with van der Waals surface area (Å²) in [6.07, 6.45) is 3.96. The molecule has 0 aliphatic rings. The number of nitrogens with one attached hydrogen (secondary N) is 3. The number of aromatic nitrogens is 2. The predicted molar refractivity (Wildman–Crippen MR) is 97.6 cm³/mol. The van der Waals surface area contributed by atoms with Crippen molar-refractivity contribution in [3.8, 4) is 0 Å². The quantitative estimate of drug-likeness (QED) is 0.382. The lowest BCUT2D eigenvalue weighted by Crippen LogP contribution is -2.32. The molecule has 2 heterocycles. The number of fused-ring (bicyclic) bond motifs is 2. The third-order valence-corrected chi connectivity index (χ3v) is 4.45. The maximum absolute atomic E-state index is 13.2. The maximum atomic E-state index is 13.2. The van der Waals surface area contributed by atoms with Gasteiger partial charge < -0.3 is 15.3 Å². The molecular weight excluding hydrogens is 333 g/mol. The van der Waals surface area contributed by atoms with E-state index in [1.165, 1.54) is 24.4 Å². The number of aromatic amines is 2. The van der Waals surface area contributed by atoms with E-state index in [0.29, 0.717) is 23.9 Å². The second kappa shape index (κ2) is 6.48. The Kier molecular flexibility index (Phi) is 4.01. The van der Waals surface area contributed by atoms with E-state index in [4.69, 9.17) is 0 Å². The number of carbonyl (C=O) groups excluding carboxylic acids is 2. The van der Waals surface area contributed by atoms with Crippen LogP contribution < -0.4 is 5.32 Å². The fourth-order valence-corrected chi connectivity index (χ4v) is 3.14.